The molecule has 2 N–H and O–H groups in total. The summed E-state index contributed by atoms with van der Waals surface area (Å²) in [5.74, 6) is -0.313. The van der Waals surface area contributed by atoms with Gasteiger partial charge in [0.25, 0.3) is 5.91 Å². The molecular formula is C14H13N3O4. The molecule has 2 aromatic heterocycles. The summed E-state index contributed by atoms with van der Waals surface area (Å²) in [5.41, 5.74) is 0.822. The van der Waals surface area contributed by atoms with E-state index in [1.54, 1.807) is 19.2 Å². The lowest BCUT2D eigenvalue weighted by molar-refractivity contribution is -0.131. The molecule has 1 amide bonds. The molecule has 0 saturated carbocycles. The highest BCUT2D eigenvalue weighted by Gasteiger charge is 2.08. The first kappa shape index (κ1) is 14.4. The fourth-order valence-corrected chi connectivity index (χ4v) is 1.54. The Morgan fingerprint density at radius 1 is 1.33 bits per heavy atom. The molecule has 2 aromatic rings. The standard InChI is InChI=1S/C14H13N3O4/c1-9-6-16-12(21-9)8-17-14(20)11-4-2-10(7-15-11)3-5-13(18)19/h2-7H,8H2,1H3,(H,17,20)(H,18,19)/b5-3+. The van der Waals surface area contributed by atoms with Crippen LogP contribution in [0.3, 0.4) is 0 Å². The van der Waals surface area contributed by atoms with Gasteiger partial charge in [0.15, 0.2) is 0 Å². The molecule has 0 atom stereocenters. The summed E-state index contributed by atoms with van der Waals surface area (Å²) in [4.78, 5) is 30.2. The Kier molecular flexibility index (Phi) is 4.45. The van der Waals surface area contributed by atoms with Gasteiger partial charge in [-0.15, -0.1) is 0 Å². The van der Waals surface area contributed by atoms with Crippen molar-refractivity contribution in [3.8, 4) is 0 Å². The number of amides is 1. The van der Waals surface area contributed by atoms with Gasteiger partial charge in [-0.1, -0.05) is 6.07 Å². The average Bonchev–Trinajstić information content (AvgIpc) is 2.89. The van der Waals surface area contributed by atoms with Gasteiger partial charge in [0.1, 0.15) is 11.5 Å². The van der Waals surface area contributed by atoms with Crippen molar-refractivity contribution in [3.05, 3.63) is 53.5 Å². The van der Waals surface area contributed by atoms with Crippen molar-refractivity contribution >= 4 is 18.0 Å². The number of aromatic nitrogens is 2. The van der Waals surface area contributed by atoms with Crippen LogP contribution < -0.4 is 5.32 Å². The van der Waals surface area contributed by atoms with Crippen molar-refractivity contribution in [1.82, 2.24) is 15.3 Å². The first-order chi connectivity index (χ1) is 10.0. The van der Waals surface area contributed by atoms with Gasteiger partial charge in [-0.3, -0.25) is 9.78 Å². The fraction of sp³-hybridized carbons (Fsp3) is 0.143. The van der Waals surface area contributed by atoms with Crippen LogP contribution in [0.4, 0.5) is 0 Å². The molecule has 0 radical (unpaired) electrons. The summed E-state index contributed by atoms with van der Waals surface area (Å²) in [5, 5.41) is 11.1. The minimum Gasteiger partial charge on any atom is -0.478 e. The van der Waals surface area contributed by atoms with E-state index in [1.807, 2.05) is 0 Å². The van der Waals surface area contributed by atoms with Crippen LogP contribution in [0.2, 0.25) is 0 Å². The van der Waals surface area contributed by atoms with Gasteiger partial charge in [-0.2, -0.15) is 0 Å². The molecular weight excluding hydrogens is 274 g/mol. The lowest BCUT2D eigenvalue weighted by atomic mass is 10.2. The molecule has 2 rings (SSSR count). The summed E-state index contributed by atoms with van der Waals surface area (Å²) >= 11 is 0. The molecule has 0 aromatic carbocycles. The maximum absolute atomic E-state index is 11.8. The number of carboxylic acid groups (broad SMARTS) is 1. The lowest BCUT2D eigenvalue weighted by Gasteiger charge is -2.02. The molecule has 0 bridgehead atoms. The van der Waals surface area contributed by atoms with E-state index in [0.717, 1.165) is 6.08 Å². The molecule has 0 unspecified atom stereocenters. The summed E-state index contributed by atoms with van der Waals surface area (Å²) < 4.78 is 5.23. The summed E-state index contributed by atoms with van der Waals surface area (Å²) in [7, 11) is 0. The Balaban J connectivity index is 1.95. The minimum atomic E-state index is -1.04. The fourth-order valence-electron chi connectivity index (χ4n) is 1.54. The van der Waals surface area contributed by atoms with Crippen molar-refractivity contribution in [2.24, 2.45) is 0 Å². The smallest absolute Gasteiger partial charge is 0.328 e. The van der Waals surface area contributed by atoms with Crippen molar-refractivity contribution in [2.75, 3.05) is 0 Å². The number of nitrogens with zero attached hydrogens (tertiary/aromatic N) is 2. The third-order valence-corrected chi connectivity index (χ3v) is 2.51. The second-order valence-corrected chi connectivity index (χ2v) is 4.20. The lowest BCUT2D eigenvalue weighted by Crippen LogP contribution is -2.23. The average molecular weight is 287 g/mol. The Labute approximate surface area is 120 Å². The van der Waals surface area contributed by atoms with Gasteiger partial charge in [-0.05, 0) is 24.6 Å². The highest BCUT2D eigenvalue weighted by molar-refractivity contribution is 5.92. The monoisotopic (exact) mass is 287 g/mol. The van der Waals surface area contributed by atoms with Gasteiger partial charge in [0.2, 0.25) is 5.89 Å². The molecule has 0 saturated heterocycles. The third-order valence-electron chi connectivity index (χ3n) is 2.51. The van der Waals surface area contributed by atoms with Crippen LogP contribution in [0, 0.1) is 6.92 Å². The second kappa shape index (κ2) is 6.47. The first-order valence-electron chi connectivity index (χ1n) is 6.11. The highest BCUT2D eigenvalue weighted by Crippen LogP contribution is 2.04. The zero-order valence-corrected chi connectivity index (χ0v) is 11.2. The summed E-state index contributed by atoms with van der Waals surface area (Å²) in [6.45, 7) is 1.94. The second-order valence-electron chi connectivity index (χ2n) is 4.20. The van der Waals surface area contributed by atoms with Crippen molar-refractivity contribution in [3.63, 3.8) is 0 Å². The zero-order valence-electron chi connectivity index (χ0n) is 11.2. The molecule has 0 aliphatic carbocycles. The molecule has 0 spiro atoms. The maximum Gasteiger partial charge on any atom is 0.328 e. The topological polar surface area (TPSA) is 105 Å². The molecule has 0 aliphatic heterocycles. The SMILES string of the molecule is Cc1cnc(CNC(=O)c2ccc(/C=C/C(=O)O)cn2)o1. The quantitative estimate of drug-likeness (QED) is 0.805. The van der Waals surface area contributed by atoms with E-state index in [-0.39, 0.29) is 18.1 Å². The number of hydrogen-bond acceptors (Lipinski definition) is 5. The van der Waals surface area contributed by atoms with E-state index in [4.69, 9.17) is 9.52 Å². The van der Waals surface area contributed by atoms with Crippen LogP contribution in [0.15, 0.2) is 35.0 Å². The predicted octanol–water partition coefficient (Wildman–Crippen LogP) is 1.41. The van der Waals surface area contributed by atoms with Crippen molar-refractivity contribution in [2.45, 2.75) is 13.5 Å². The molecule has 0 fully saturated rings. The predicted molar refractivity (Wildman–Crippen MR) is 73.3 cm³/mol. The van der Waals surface area contributed by atoms with Gasteiger partial charge in [0.05, 0.1) is 12.7 Å². The van der Waals surface area contributed by atoms with E-state index < -0.39 is 5.97 Å². The van der Waals surface area contributed by atoms with Gasteiger partial charge in [0, 0.05) is 12.3 Å². The Morgan fingerprint density at radius 3 is 2.71 bits per heavy atom. The number of pyridine rings is 1. The molecule has 21 heavy (non-hydrogen) atoms. The van der Waals surface area contributed by atoms with E-state index >= 15 is 0 Å². The number of carboxylic acids is 1. The van der Waals surface area contributed by atoms with Crippen LogP contribution in [0.5, 0.6) is 0 Å². The number of oxazole rings is 1. The van der Waals surface area contributed by atoms with E-state index in [0.29, 0.717) is 17.2 Å². The minimum absolute atomic E-state index is 0.176. The van der Waals surface area contributed by atoms with Gasteiger partial charge in [-0.25, -0.2) is 9.78 Å². The first-order valence-corrected chi connectivity index (χ1v) is 6.11. The molecule has 7 heteroatoms. The number of nitrogens with one attached hydrogen (secondary N) is 1. The van der Waals surface area contributed by atoms with Crippen molar-refractivity contribution in [1.29, 1.82) is 0 Å². The number of carbonyl (C=O) groups excluding carboxylic acids is 1. The molecule has 0 aliphatic rings. The van der Waals surface area contributed by atoms with Crippen LogP contribution in [-0.2, 0) is 11.3 Å². The van der Waals surface area contributed by atoms with E-state index in [1.165, 1.54) is 18.3 Å². The van der Waals surface area contributed by atoms with Crippen LogP contribution in [0.1, 0.15) is 27.7 Å². The largest absolute Gasteiger partial charge is 0.478 e. The Hall–Kier alpha value is -2.96. The number of aliphatic carboxylic acids is 1. The van der Waals surface area contributed by atoms with Crippen LogP contribution >= 0.6 is 0 Å². The summed E-state index contributed by atoms with van der Waals surface area (Å²) in [6.07, 6.45) is 5.39. The van der Waals surface area contributed by atoms with Crippen molar-refractivity contribution < 1.29 is 19.1 Å². The number of hydrogen-bond donors (Lipinski definition) is 2. The van der Waals surface area contributed by atoms with Crippen LogP contribution in [0.25, 0.3) is 6.08 Å². The maximum atomic E-state index is 11.8. The normalized spacial score (nSPS) is 10.7. The Morgan fingerprint density at radius 2 is 2.14 bits per heavy atom. The van der Waals surface area contributed by atoms with Gasteiger partial charge >= 0.3 is 5.97 Å². The Bertz CT molecular complexity index is 674. The summed E-state index contributed by atoms with van der Waals surface area (Å²) in [6, 6.07) is 3.12. The molecule has 2 heterocycles. The number of carbonyl (C=O) groups is 2. The highest BCUT2D eigenvalue weighted by atomic mass is 16.4. The zero-order chi connectivity index (χ0) is 15.2. The van der Waals surface area contributed by atoms with E-state index in [2.05, 4.69) is 15.3 Å². The third kappa shape index (κ3) is 4.27. The van der Waals surface area contributed by atoms with Gasteiger partial charge < -0.3 is 14.8 Å². The molecule has 108 valence electrons. The molecule has 7 nitrogen and oxygen atoms in total. The number of rotatable bonds is 5. The van der Waals surface area contributed by atoms with Crippen LogP contribution in [-0.4, -0.2) is 27.0 Å². The van der Waals surface area contributed by atoms with E-state index in [9.17, 15) is 9.59 Å². The number of aryl methyl sites for hydroxylation is 1.